The van der Waals surface area contributed by atoms with Gasteiger partial charge in [-0.25, -0.2) is 9.69 Å². The first-order chi connectivity index (χ1) is 13.2. The number of allylic oxidation sites excluding steroid dienone is 2. The molecule has 8 heteroatoms. The van der Waals surface area contributed by atoms with Gasteiger partial charge in [-0.2, -0.15) is 0 Å². The quantitative estimate of drug-likeness (QED) is 0.150. The fourth-order valence-corrected chi connectivity index (χ4v) is 3.20. The van der Waals surface area contributed by atoms with Gasteiger partial charge in [-0.15, -0.1) is 6.42 Å². The van der Waals surface area contributed by atoms with Gasteiger partial charge >= 0.3 is 12.0 Å². The first-order valence-electron chi connectivity index (χ1n) is 9.27. The first kappa shape index (κ1) is 21.5. The number of ether oxygens (including phenoxy) is 1. The van der Waals surface area contributed by atoms with Gasteiger partial charge in [0.1, 0.15) is 13.2 Å². The van der Waals surface area contributed by atoms with E-state index in [0.29, 0.717) is 6.61 Å². The van der Waals surface area contributed by atoms with Crippen molar-refractivity contribution in [1.29, 1.82) is 0 Å². The molecule has 2 atom stereocenters. The molecule has 2 fully saturated rings. The van der Waals surface area contributed by atoms with Gasteiger partial charge in [0.25, 0.3) is 5.91 Å². The second kappa shape index (κ2) is 8.91. The van der Waals surface area contributed by atoms with Crippen molar-refractivity contribution in [2.24, 2.45) is 22.4 Å². The van der Waals surface area contributed by atoms with Crippen molar-refractivity contribution in [3.8, 4) is 12.3 Å². The Bertz CT molecular complexity index is 735. The number of carbonyl (C=O) groups excluding carboxylic acids is 3. The average molecular weight is 389 g/mol. The summed E-state index contributed by atoms with van der Waals surface area (Å²) in [6.07, 6.45) is 9.64. The third-order valence-corrected chi connectivity index (χ3v) is 4.98. The molecule has 2 rings (SSSR count). The highest BCUT2D eigenvalue weighted by atomic mass is 16.6. The molecule has 0 radical (unpaired) electrons. The van der Waals surface area contributed by atoms with Crippen molar-refractivity contribution in [2.75, 3.05) is 26.4 Å². The van der Waals surface area contributed by atoms with Crippen molar-refractivity contribution >= 4 is 24.1 Å². The van der Waals surface area contributed by atoms with E-state index in [0.717, 1.165) is 16.9 Å². The SMILES string of the molecule is C#CCN1CC(=O)N(COC(=O)C2C(/C=C(C)/C=N/OCCC)C2(C)C)C1=O. The summed E-state index contributed by atoms with van der Waals surface area (Å²) >= 11 is 0. The fraction of sp³-hybridized carbons (Fsp3) is 0.600. The van der Waals surface area contributed by atoms with Crippen LogP contribution in [-0.4, -0.2) is 60.3 Å². The molecule has 0 aromatic carbocycles. The molecule has 28 heavy (non-hydrogen) atoms. The number of hydrogen-bond acceptors (Lipinski definition) is 6. The fourth-order valence-electron chi connectivity index (χ4n) is 3.20. The number of carbonyl (C=O) groups is 3. The zero-order chi connectivity index (χ0) is 20.9. The Morgan fingerprint density at radius 2 is 2.14 bits per heavy atom. The number of amides is 3. The minimum absolute atomic E-state index is 0.0134. The average Bonchev–Trinajstić information content (AvgIpc) is 3.05. The number of imide groups is 1. The molecule has 152 valence electrons. The van der Waals surface area contributed by atoms with Gasteiger partial charge in [0.05, 0.1) is 18.7 Å². The predicted octanol–water partition coefficient (Wildman–Crippen LogP) is 2.02. The summed E-state index contributed by atoms with van der Waals surface area (Å²) in [6.45, 7) is 7.93. The summed E-state index contributed by atoms with van der Waals surface area (Å²) in [5.41, 5.74) is 0.615. The molecule has 1 saturated carbocycles. The molecule has 2 aliphatic rings. The van der Waals surface area contributed by atoms with Gasteiger partial charge in [0, 0.05) is 0 Å². The number of oxime groups is 1. The zero-order valence-corrected chi connectivity index (χ0v) is 16.8. The Labute approximate surface area is 165 Å². The number of hydrogen-bond donors (Lipinski definition) is 0. The Hall–Kier alpha value is -2.82. The van der Waals surface area contributed by atoms with E-state index in [4.69, 9.17) is 16.0 Å². The standard InChI is InChI=1S/C20H27N3O5/c1-6-8-22-12-16(24)23(19(22)26)13-27-18(25)17-15(20(17,4)5)10-14(3)11-21-28-9-7-2/h1,10-11,15,17H,7-9,12-13H2,2-5H3/b14-10+,21-11+. The van der Waals surface area contributed by atoms with Gasteiger partial charge in [-0.3, -0.25) is 9.59 Å². The Morgan fingerprint density at radius 1 is 1.43 bits per heavy atom. The molecule has 8 nitrogen and oxygen atoms in total. The molecule has 2 unspecified atom stereocenters. The lowest BCUT2D eigenvalue weighted by Crippen LogP contribution is -2.36. The smallest absolute Gasteiger partial charge is 0.330 e. The van der Waals surface area contributed by atoms with Crippen LogP contribution in [0.5, 0.6) is 0 Å². The minimum atomic E-state index is -0.540. The maximum absolute atomic E-state index is 12.5. The Kier molecular flexibility index (Phi) is 6.84. The summed E-state index contributed by atoms with van der Waals surface area (Å²) in [6, 6.07) is -0.540. The Morgan fingerprint density at radius 3 is 2.79 bits per heavy atom. The van der Waals surface area contributed by atoms with Gasteiger partial charge in [0.15, 0.2) is 6.73 Å². The third-order valence-electron chi connectivity index (χ3n) is 4.98. The van der Waals surface area contributed by atoms with Gasteiger partial charge in [0.2, 0.25) is 0 Å². The number of terminal acetylenes is 1. The molecular formula is C20H27N3O5. The topological polar surface area (TPSA) is 88.5 Å². The van der Waals surface area contributed by atoms with Crippen LogP contribution in [-0.2, 0) is 19.2 Å². The second-order valence-corrected chi connectivity index (χ2v) is 7.56. The lowest BCUT2D eigenvalue weighted by molar-refractivity contribution is -0.151. The van der Waals surface area contributed by atoms with E-state index in [-0.39, 0.29) is 30.3 Å². The lowest BCUT2D eigenvalue weighted by Gasteiger charge is -2.15. The Balaban J connectivity index is 1.90. The molecule has 0 aromatic rings. The van der Waals surface area contributed by atoms with E-state index >= 15 is 0 Å². The highest BCUT2D eigenvalue weighted by Gasteiger charge is 2.61. The van der Waals surface area contributed by atoms with E-state index in [1.165, 1.54) is 4.90 Å². The predicted molar refractivity (Wildman–Crippen MR) is 103 cm³/mol. The van der Waals surface area contributed by atoms with Crippen LogP contribution in [0.3, 0.4) is 0 Å². The number of rotatable bonds is 9. The van der Waals surface area contributed by atoms with Crippen LogP contribution in [0.2, 0.25) is 0 Å². The molecule has 1 aliphatic heterocycles. The van der Waals surface area contributed by atoms with E-state index in [2.05, 4.69) is 11.1 Å². The maximum Gasteiger partial charge on any atom is 0.330 e. The van der Waals surface area contributed by atoms with E-state index < -0.39 is 24.6 Å². The van der Waals surface area contributed by atoms with Crippen molar-refractivity contribution < 1.29 is 24.0 Å². The summed E-state index contributed by atoms with van der Waals surface area (Å²) in [4.78, 5) is 43.7. The van der Waals surface area contributed by atoms with Crippen LogP contribution in [0.15, 0.2) is 16.8 Å². The number of esters is 1. The van der Waals surface area contributed by atoms with Crippen molar-refractivity contribution in [2.45, 2.75) is 34.1 Å². The van der Waals surface area contributed by atoms with Gasteiger partial charge < -0.3 is 14.5 Å². The molecule has 1 aliphatic carbocycles. The van der Waals surface area contributed by atoms with E-state index in [9.17, 15) is 14.4 Å². The lowest BCUT2D eigenvalue weighted by atomic mass is 10.1. The molecule has 0 spiro atoms. The van der Waals surface area contributed by atoms with Crippen LogP contribution in [0, 0.1) is 29.6 Å². The van der Waals surface area contributed by atoms with Crippen molar-refractivity contribution in [3.63, 3.8) is 0 Å². The summed E-state index contributed by atoms with van der Waals surface area (Å²) in [7, 11) is 0. The molecule has 1 saturated heterocycles. The van der Waals surface area contributed by atoms with Gasteiger partial charge in [-0.05, 0) is 30.3 Å². The maximum atomic E-state index is 12.5. The van der Waals surface area contributed by atoms with Crippen molar-refractivity contribution in [1.82, 2.24) is 9.80 Å². The van der Waals surface area contributed by atoms with Crippen LogP contribution < -0.4 is 0 Å². The summed E-state index contributed by atoms with van der Waals surface area (Å²) in [5, 5.41) is 3.88. The molecule has 3 amide bonds. The number of urea groups is 1. The summed E-state index contributed by atoms with van der Waals surface area (Å²) in [5.74, 6) is 1.10. The zero-order valence-electron chi connectivity index (χ0n) is 16.8. The van der Waals surface area contributed by atoms with Crippen LogP contribution in [0.4, 0.5) is 4.79 Å². The molecule has 1 heterocycles. The van der Waals surface area contributed by atoms with Crippen LogP contribution >= 0.6 is 0 Å². The largest absolute Gasteiger partial charge is 0.443 e. The van der Waals surface area contributed by atoms with Crippen LogP contribution in [0.1, 0.15) is 34.1 Å². The highest BCUT2D eigenvalue weighted by molar-refractivity contribution is 6.02. The first-order valence-corrected chi connectivity index (χ1v) is 9.27. The highest BCUT2D eigenvalue weighted by Crippen LogP contribution is 2.59. The van der Waals surface area contributed by atoms with Gasteiger partial charge in [-0.1, -0.05) is 37.9 Å². The normalized spacial score (nSPS) is 23.9. The van der Waals surface area contributed by atoms with Crippen molar-refractivity contribution in [3.05, 3.63) is 11.6 Å². The second-order valence-electron chi connectivity index (χ2n) is 7.56. The monoisotopic (exact) mass is 389 g/mol. The van der Waals surface area contributed by atoms with Crippen LogP contribution in [0.25, 0.3) is 0 Å². The number of nitrogens with zero attached hydrogens (tertiary/aromatic N) is 3. The molecule has 0 bridgehead atoms. The third kappa shape index (κ3) is 4.71. The minimum Gasteiger partial charge on any atom is -0.443 e. The summed E-state index contributed by atoms with van der Waals surface area (Å²) < 4.78 is 5.26. The van der Waals surface area contributed by atoms with E-state index in [1.807, 2.05) is 33.8 Å². The molecule has 0 aromatic heterocycles. The molecular weight excluding hydrogens is 362 g/mol. The van der Waals surface area contributed by atoms with E-state index in [1.54, 1.807) is 6.21 Å². The molecule has 0 N–H and O–H groups in total.